The van der Waals surface area contributed by atoms with Crippen LogP contribution in [0.3, 0.4) is 0 Å². The summed E-state index contributed by atoms with van der Waals surface area (Å²) in [6.45, 7) is 6.67. The molecule has 1 aromatic heterocycles. The van der Waals surface area contributed by atoms with E-state index in [1.54, 1.807) is 6.07 Å². The van der Waals surface area contributed by atoms with Crippen molar-refractivity contribution in [1.82, 2.24) is 15.2 Å². The SMILES string of the molecule is CCNC(=NCCC(=O)Nc1cccc(C)n1)N1CCCC(CC(N)=O)C1. The number of pyridine rings is 1. The Hall–Kier alpha value is -2.64. The summed E-state index contributed by atoms with van der Waals surface area (Å²) in [5.41, 5.74) is 6.19. The fourth-order valence-electron chi connectivity index (χ4n) is 3.22. The molecule has 1 aliphatic rings. The minimum absolute atomic E-state index is 0.113. The van der Waals surface area contributed by atoms with Gasteiger partial charge in [0.25, 0.3) is 0 Å². The van der Waals surface area contributed by atoms with E-state index in [-0.39, 0.29) is 24.2 Å². The maximum absolute atomic E-state index is 12.1. The van der Waals surface area contributed by atoms with Crippen molar-refractivity contribution in [3.8, 4) is 0 Å². The first-order valence-corrected chi connectivity index (χ1v) is 9.53. The maximum Gasteiger partial charge on any atom is 0.227 e. The van der Waals surface area contributed by atoms with Crippen molar-refractivity contribution in [3.05, 3.63) is 23.9 Å². The molecule has 1 unspecified atom stereocenters. The summed E-state index contributed by atoms with van der Waals surface area (Å²) >= 11 is 0. The van der Waals surface area contributed by atoms with Gasteiger partial charge >= 0.3 is 0 Å². The van der Waals surface area contributed by atoms with Gasteiger partial charge in [-0.2, -0.15) is 0 Å². The lowest BCUT2D eigenvalue weighted by molar-refractivity contribution is -0.119. The number of nitrogens with zero attached hydrogens (tertiary/aromatic N) is 3. The van der Waals surface area contributed by atoms with Crippen LogP contribution in [0.2, 0.25) is 0 Å². The number of rotatable bonds is 7. The van der Waals surface area contributed by atoms with Crippen molar-refractivity contribution in [3.63, 3.8) is 0 Å². The molecule has 1 saturated heterocycles. The normalized spacial score (nSPS) is 17.5. The zero-order valence-corrected chi connectivity index (χ0v) is 16.2. The molecule has 4 N–H and O–H groups in total. The van der Waals surface area contributed by atoms with Crippen molar-refractivity contribution in [1.29, 1.82) is 0 Å². The van der Waals surface area contributed by atoms with E-state index in [0.717, 1.165) is 44.1 Å². The first-order chi connectivity index (χ1) is 13.0. The molecule has 1 atom stereocenters. The Morgan fingerprint density at radius 3 is 2.93 bits per heavy atom. The molecule has 0 aromatic carbocycles. The van der Waals surface area contributed by atoms with Crippen LogP contribution in [-0.4, -0.2) is 53.8 Å². The van der Waals surface area contributed by atoms with Gasteiger partial charge in [-0.1, -0.05) is 6.07 Å². The van der Waals surface area contributed by atoms with E-state index in [2.05, 4.69) is 25.5 Å². The van der Waals surface area contributed by atoms with E-state index < -0.39 is 0 Å². The molecule has 2 rings (SSSR count). The van der Waals surface area contributed by atoms with E-state index in [1.807, 2.05) is 26.0 Å². The van der Waals surface area contributed by atoms with Crippen molar-refractivity contribution >= 4 is 23.6 Å². The van der Waals surface area contributed by atoms with E-state index in [4.69, 9.17) is 5.73 Å². The summed E-state index contributed by atoms with van der Waals surface area (Å²) in [5.74, 6) is 1.23. The Labute approximate surface area is 160 Å². The minimum atomic E-state index is -0.259. The van der Waals surface area contributed by atoms with Gasteiger partial charge in [0.1, 0.15) is 5.82 Å². The van der Waals surface area contributed by atoms with E-state index >= 15 is 0 Å². The number of hydrogen-bond acceptors (Lipinski definition) is 4. The smallest absolute Gasteiger partial charge is 0.227 e. The molecule has 0 bridgehead atoms. The summed E-state index contributed by atoms with van der Waals surface area (Å²) in [6.07, 6.45) is 2.69. The highest BCUT2D eigenvalue weighted by Gasteiger charge is 2.23. The number of carbonyl (C=O) groups is 2. The lowest BCUT2D eigenvalue weighted by atomic mass is 9.95. The maximum atomic E-state index is 12.1. The van der Waals surface area contributed by atoms with Gasteiger partial charge in [0.2, 0.25) is 11.8 Å². The van der Waals surface area contributed by atoms with Crippen LogP contribution in [-0.2, 0) is 9.59 Å². The van der Waals surface area contributed by atoms with Gasteiger partial charge in [-0.05, 0) is 44.7 Å². The second-order valence-corrected chi connectivity index (χ2v) is 6.82. The Bertz CT molecular complexity index is 676. The summed E-state index contributed by atoms with van der Waals surface area (Å²) in [7, 11) is 0. The molecule has 1 aromatic rings. The Morgan fingerprint density at radius 2 is 2.22 bits per heavy atom. The van der Waals surface area contributed by atoms with Crippen molar-refractivity contribution in [2.75, 3.05) is 31.5 Å². The minimum Gasteiger partial charge on any atom is -0.370 e. The van der Waals surface area contributed by atoms with Crippen LogP contribution in [0.5, 0.6) is 0 Å². The first kappa shape index (κ1) is 20.7. The topological polar surface area (TPSA) is 113 Å². The van der Waals surface area contributed by atoms with Crippen LogP contribution < -0.4 is 16.4 Å². The molecular formula is C19H30N6O2. The number of carbonyl (C=O) groups excluding carboxylic acids is 2. The van der Waals surface area contributed by atoms with Crippen molar-refractivity contribution < 1.29 is 9.59 Å². The third-order valence-electron chi connectivity index (χ3n) is 4.40. The molecule has 148 valence electrons. The fourth-order valence-corrected chi connectivity index (χ4v) is 3.22. The highest BCUT2D eigenvalue weighted by molar-refractivity contribution is 5.90. The number of aryl methyl sites for hydroxylation is 1. The molecule has 1 fully saturated rings. The van der Waals surface area contributed by atoms with Crippen LogP contribution in [0.25, 0.3) is 0 Å². The third-order valence-corrected chi connectivity index (χ3v) is 4.40. The number of aliphatic imine (C=N–C) groups is 1. The Morgan fingerprint density at radius 1 is 1.41 bits per heavy atom. The number of nitrogens with one attached hydrogen (secondary N) is 2. The van der Waals surface area contributed by atoms with Crippen LogP contribution in [0.1, 0.15) is 38.3 Å². The summed E-state index contributed by atoms with van der Waals surface area (Å²) in [5, 5.41) is 6.06. The number of aromatic nitrogens is 1. The number of hydrogen-bond donors (Lipinski definition) is 3. The molecule has 27 heavy (non-hydrogen) atoms. The highest BCUT2D eigenvalue weighted by Crippen LogP contribution is 2.19. The lowest BCUT2D eigenvalue weighted by Crippen LogP contribution is -2.47. The van der Waals surface area contributed by atoms with Crippen LogP contribution in [0, 0.1) is 12.8 Å². The van der Waals surface area contributed by atoms with Gasteiger partial charge in [-0.25, -0.2) is 4.98 Å². The Kier molecular flexibility index (Phi) is 8.03. The zero-order chi connectivity index (χ0) is 19.6. The van der Waals surface area contributed by atoms with Gasteiger partial charge in [-0.3, -0.25) is 14.6 Å². The van der Waals surface area contributed by atoms with E-state index in [1.165, 1.54) is 0 Å². The molecule has 0 spiro atoms. The van der Waals surface area contributed by atoms with Crippen molar-refractivity contribution in [2.45, 2.75) is 39.5 Å². The number of nitrogens with two attached hydrogens (primary N) is 1. The summed E-state index contributed by atoms with van der Waals surface area (Å²) in [4.78, 5) is 34.3. The number of anilines is 1. The fraction of sp³-hybridized carbons (Fsp3) is 0.579. The summed E-state index contributed by atoms with van der Waals surface area (Å²) < 4.78 is 0. The molecule has 2 amide bonds. The summed E-state index contributed by atoms with van der Waals surface area (Å²) in [6, 6.07) is 5.51. The third kappa shape index (κ3) is 7.24. The van der Waals surface area contributed by atoms with Crippen LogP contribution >= 0.6 is 0 Å². The van der Waals surface area contributed by atoms with E-state index in [9.17, 15) is 9.59 Å². The van der Waals surface area contributed by atoms with Gasteiger partial charge in [0.05, 0.1) is 6.54 Å². The monoisotopic (exact) mass is 374 g/mol. The number of likely N-dealkylation sites (tertiary alicyclic amines) is 1. The van der Waals surface area contributed by atoms with Gasteiger partial charge in [0, 0.05) is 38.2 Å². The number of guanidine groups is 1. The van der Waals surface area contributed by atoms with Gasteiger partial charge in [0.15, 0.2) is 5.96 Å². The second kappa shape index (κ2) is 10.5. The molecule has 0 radical (unpaired) electrons. The zero-order valence-electron chi connectivity index (χ0n) is 16.2. The average Bonchev–Trinajstić information content (AvgIpc) is 2.60. The van der Waals surface area contributed by atoms with E-state index in [0.29, 0.717) is 18.8 Å². The van der Waals surface area contributed by atoms with Gasteiger partial charge in [-0.15, -0.1) is 0 Å². The second-order valence-electron chi connectivity index (χ2n) is 6.82. The number of primary amides is 1. The van der Waals surface area contributed by atoms with Gasteiger partial charge < -0.3 is 21.3 Å². The number of piperidine rings is 1. The standard InChI is InChI=1S/C19H30N6O2/c1-3-21-19(25-11-5-7-15(13-25)12-16(20)26)22-10-9-18(27)24-17-8-4-6-14(2)23-17/h4,6,8,15H,3,5,7,9-13H2,1-2H3,(H2,20,26)(H,21,22)(H,23,24,27). The Balaban J connectivity index is 1.88. The highest BCUT2D eigenvalue weighted by atomic mass is 16.2. The lowest BCUT2D eigenvalue weighted by Gasteiger charge is -2.34. The molecular weight excluding hydrogens is 344 g/mol. The molecule has 0 aliphatic carbocycles. The van der Waals surface area contributed by atoms with Crippen molar-refractivity contribution in [2.24, 2.45) is 16.6 Å². The molecule has 0 saturated carbocycles. The molecule has 2 heterocycles. The molecule has 8 nitrogen and oxygen atoms in total. The number of amides is 2. The van der Waals surface area contributed by atoms with Crippen LogP contribution in [0.4, 0.5) is 5.82 Å². The quantitative estimate of drug-likeness (QED) is 0.491. The largest absolute Gasteiger partial charge is 0.370 e. The molecule has 8 heteroatoms. The average molecular weight is 374 g/mol. The van der Waals surface area contributed by atoms with Crippen LogP contribution in [0.15, 0.2) is 23.2 Å². The first-order valence-electron chi connectivity index (χ1n) is 9.53. The predicted octanol–water partition coefficient (Wildman–Crippen LogP) is 1.27. The molecule has 1 aliphatic heterocycles. The predicted molar refractivity (Wildman–Crippen MR) is 106 cm³/mol.